The van der Waals surface area contributed by atoms with Gasteiger partial charge in [0.15, 0.2) is 11.2 Å². The maximum atomic E-state index is 13.3. The molecule has 0 atom stereocenters. The summed E-state index contributed by atoms with van der Waals surface area (Å²) >= 11 is 0. The Bertz CT molecular complexity index is 1050. The summed E-state index contributed by atoms with van der Waals surface area (Å²) < 4.78 is 21.7. The van der Waals surface area contributed by atoms with Crippen LogP contribution < -0.4 is 11.2 Å². The molecule has 3 aromatic rings. The number of benzene rings is 1. The number of fused-ring (bicyclic) bond motifs is 1. The van der Waals surface area contributed by atoms with Crippen LogP contribution in [0.25, 0.3) is 22.6 Å². The summed E-state index contributed by atoms with van der Waals surface area (Å²) in [6, 6.07) is 5.92. The first-order chi connectivity index (χ1) is 12.9. The van der Waals surface area contributed by atoms with E-state index in [0.717, 1.165) is 0 Å². The molecular weight excluding hydrogens is 351 g/mol. The highest BCUT2D eigenvalue weighted by molar-refractivity contribution is 5.77. The molecule has 0 radical (unpaired) electrons. The number of imidazole rings is 1. The molecule has 8 heteroatoms. The van der Waals surface area contributed by atoms with Crippen LogP contribution in [0.15, 0.2) is 33.9 Å². The van der Waals surface area contributed by atoms with Gasteiger partial charge in [0.1, 0.15) is 11.6 Å². The summed E-state index contributed by atoms with van der Waals surface area (Å²) in [4.78, 5) is 31.9. The SMILES string of the molecule is COCCCn1c(-c2ccc(F)cc2)nc2c1c(=O)[nH]c(=O)n2CC(C)C. The van der Waals surface area contributed by atoms with Crippen molar-refractivity contribution in [1.82, 2.24) is 19.1 Å². The number of aromatic amines is 1. The summed E-state index contributed by atoms with van der Waals surface area (Å²) in [5.41, 5.74) is 0.398. The lowest BCUT2D eigenvalue weighted by atomic mass is 10.2. The number of halogens is 1. The van der Waals surface area contributed by atoms with E-state index in [-0.39, 0.29) is 11.7 Å². The first kappa shape index (κ1) is 19.0. The van der Waals surface area contributed by atoms with Crippen molar-refractivity contribution in [3.8, 4) is 11.4 Å². The normalized spacial score (nSPS) is 11.6. The Balaban J connectivity index is 2.28. The Kier molecular flexibility index (Phi) is 5.55. The number of nitrogens with one attached hydrogen (secondary N) is 1. The maximum absolute atomic E-state index is 13.3. The zero-order chi connectivity index (χ0) is 19.6. The molecule has 1 N–H and O–H groups in total. The van der Waals surface area contributed by atoms with E-state index in [2.05, 4.69) is 9.97 Å². The molecule has 1 aromatic carbocycles. The summed E-state index contributed by atoms with van der Waals surface area (Å²) in [6.07, 6.45) is 0.666. The Morgan fingerprint density at radius 3 is 2.52 bits per heavy atom. The number of hydrogen-bond donors (Lipinski definition) is 1. The summed E-state index contributed by atoms with van der Waals surface area (Å²) in [5, 5.41) is 0. The molecule has 2 heterocycles. The van der Waals surface area contributed by atoms with Gasteiger partial charge in [-0.25, -0.2) is 14.2 Å². The van der Waals surface area contributed by atoms with Crippen LogP contribution in [-0.4, -0.2) is 32.8 Å². The molecule has 0 saturated carbocycles. The van der Waals surface area contributed by atoms with Crippen LogP contribution >= 0.6 is 0 Å². The first-order valence-electron chi connectivity index (χ1n) is 8.90. The molecular formula is C19H23FN4O3. The van der Waals surface area contributed by atoms with Crippen molar-refractivity contribution >= 4 is 11.2 Å². The fraction of sp³-hybridized carbons (Fsp3) is 0.421. The van der Waals surface area contributed by atoms with E-state index in [1.165, 1.54) is 16.7 Å². The van der Waals surface area contributed by atoms with Gasteiger partial charge in [0.05, 0.1) is 0 Å². The van der Waals surface area contributed by atoms with Gasteiger partial charge in [0, 0.05) is 32.4 Å². The molecule has 0 spiro atoms. The maximum Gasteiger partial charge on any atom is 0.330 e. The number of rotatable bonds is 7. The van der Waals surface area contributed by atoms with E-state index in [9.17, 15) is 14.0 Å². The number of H-pyrrole nitrogens is 1. The molecule has 0 saturated heterocycles. The van der Waals surface area contributed by atoms with Gasteiger partial charge >= 0.3 is 5.69 Å². The van der Waals surface area contributed by atoms with Crippen molar-refractivity contribution in [2.75, 3.05) is 13.7 Å². The molecule has 0 aliphatic rings. The lowest BCUT2D eigenvalue weighted by Gasteiger charge is -2.10. The fourth-order valence-corrected chi connectivity index (χ4v) is 3.11. The molecule has 0 amide bonds. The highest BCUT2D eigenvalue weighted by Crippen LogP contribution is 2.23. The van der Waals surface area contributed by atoms with Gasteiger partial charge in [0.25, 0.3) is 5.56 Å². The Labute approximate surface area is 155 Å². The molecule has 0 aliphatic carbocycles. The van der Waals surface area contributed by atoms with Gasteiger partial charge < -0.3 is 9.30 Å². The van der Waals surface area contributed by atoms with Crippen molar-refractivity contribution in [2.45, 2.75) is 33.4 Å². The highest BCUT2D eigenvalue weighted by Gasteiger charge is 2.20. The number of ether oxygens (including phenoxy) is 1. The molecule has 0 aliphatic heterocycles. The second kappa shape index (κ2) is 7.87. The Morgan fingerprint density at radius 1 is 1.19 bits per heavy atom. The lowest BCUT2D eigenvalue weighted by Crippen LogP contribution is -2.32. The third-order valence-corrected chi connectivity index (χ3v) is 4.27. The van der Waals surface area contributed by atoms with Crippen molar-refractivity contribution < 1.29 is 9.13 Å². The third kappa shape index (κ3) is 3.85. The summed E-state index contributed by atoms with van der Waals surface area (Å²) in [6.45, 7) is 5.41. The predicted molar refractivity (Wildman–Crippen MR) is 101 cm³/mol. The molecule has 2 aromatic heterocycles. The van der Waals surface area contributed by atoms with E-state index in [1.807, 2.05) is 13.8 Å². The van der Waals surface area contributed by atoms with Gasteiger partial charge in [-0.1, -0.05) is 13.8 Å². The number of methoxy groups -OCH3 is 1. The minimum absolute atomic E-state index is 0.199. The molecule has 0 fully saturated rings. The summed E-state index contributed by atoms with van der Waals surface area (Å²) in [7, 11) is 1.61. The third-order valence-electron chi connectivity index (χ3n) is 4.27. The van der Waals surface area contributed by atoms with E-state index in [4.69, 9.17) is 4.74 Å². The predicted octanol–water partition coefficient (Wildman–Crippen LogP) is 2.38. The number of hydrogen-bond acceptors (Lipinski definition) is 4. The molecule has 27 heavy (non-hydrogen) atoms. The average Bonchev–Trinajstić information content (AvgIpc) is 2.99. The zero-order valence-corrected chi connectivity index (χ0v) is 15.7. The quantitative estimate of drug-likeness (QED) is 0.644. The zero-order valence-electron chi connectivity index (χ0n) is 15.7. The van der Waals surface area contributed by atoms with Crippen molar-refractivity contribution in [1.29, 1.82) is 0 Å². The van der Waals surface area contributed by atoms with Crippen molar-refractivity contribution in [3.05, 3.63) is 50.9 Å². The van der Waals surface area contributed by atoms with E-state index in [1.54, 1.807) is 23.8 Å². The lowest BCUT2D eigenvalue weighted by molar-refractivity contribution is 0.191. The summed E-state index contributed by atoms with van der Waals surface area (Å²) in [5.74, 6) is 0.370. The standard InChI is InChI=1S/C19H23FN4O3/c1-12(2)11-24-17-15(18(25)22-19(24)26)23(9-4-10-27-3)16(21-17)13-5-7-14(20)8-6-13/h5-8,12H,4,9-11H2,1-3H3,(H,22,25,26). The van der Waals surface area contributed by atoms with Gasteiger partial charge in [-0.3, -0.25) is 14.3 Å². The van der Waals surface area contributed by atoms with Gasteiger partial charge in [-0.2, -0.15) is 0 Å². The minimum atomic E-state index is -0.478. The Morgan fingerprint density at radius 2 is 1.89 bits per heavy atom. The largest absolute Gasteiger partial charge is 0.385 e. The van der Waals surface area contributed by atoms with Gasteiger partial charge in [-0.05, 0) is 36.6 Å². The van der Waals surface area contributed by atoms with E-state index >= 15 is 0 Å². The average molecular weight is 374 g/mol. The molecule has 3 rings (SSSR count). The van der Waals surface area contributed by atoms with Crippen molar-refractivity contribution in [2.24, 2.45) is 5.92 Å². The second-order valence-electron chi connectivity index (χ2n) is 6.88. The second-order valence-corrected chi connectivity index (χ2v) is 6.88. The van der Waals surface area contributed by atoms with Crippen LogP contribution in [0.4, 0.5) is 4.39 Å². The van der Waals surface area contributed by atoms with E-state index < -0.39 is 11.2 Å². The smallest absolute Gasteiger partial charge is 0.330 e. The fourth-order valence-electron chi connectivity index (χ4n) is 3.11. The van der Waals surface area contributed by atoms with Crippen molar-refractivity contribution in [3.63, 3.8) is 0 Å². The van der Waals surface area contributed by atoms with Crippen LogP contribution in [0.3, 0.4) is 0 Å². The minimum Gasteiger partial charge on any atom is -0.385 e. The highest BCUT2D eigenvalue weighted by atomic mass is 19.1. The molecule has 7 nitrogen and oxygen atoms in total. The first-order valence-corrected chi connectivity index (χ1v) is 8.90. The van der Waals surface area contributed by atoms with Crippen LogP contribution in [-0.2, 0) is 17.8 Å². The van der Waals surface area contributed by atoms with Crippen LogP contribution in [0.1, 0.15) is 20.3 Å². The molecule has 0 bridgehead atoms. The van der Waals surface area contributed by atoms with Crippen LogP contribution in [0.5, 0.6) is 0 Å². The molecule has 0 unspecified atom stereocenters. The number of nitrogens with zero attached hydrogens (tertiary/aromatic N) is 3. The number of aryl methyl sites for hydroxylation is 1. The van der Waals surface area contributed by atoms with Gasteiger partial charge in [-0.15, -0.1) is 0 Å². The number of aromatic nitrogens is 4. The topological polar surface area (TPSA) is 81.9 Å². The monoisotopic (exact) mass is 374 g/mol. The Hall–Kier alpha value is -2.74. The van der Waals surface area contributed by atoms with Crippen LogP contribution in [0, 0.1) is 11.7 Å². The molecule has 144 valence electrons. The van der Waals surface area contributed by atoms with Gasteiger partial charge in [0.2, 0.25) is 0 Å². The van der Waals surface area contributed by atoms with E-state index in [0.29, 0.717) is 48.7 Å². The van der Waals surface area contributed by atoms with Crippen LogP contribution in [0.2, 0.25) is 0 Å².